The molecule has 0 aromatic heterocycles. The van der Waals surface area contributed by atoms with Crippen LogP contribution in [0, 0.1) is 0 Å². The van der Waals surface area contributed by atoms with E-state index in [1.807, 2.05) is 30.3 Å². The van der Waals surface area contributed by atoms with Crippen LogP contribution in [0.25, 0.3) is 0 Å². The molecule has 5 atom stereocenters. The van der Waals surface area contributed by atoms with Gasteiger partial charge in [-0.15, -0.1) is 0 Å². The van der Waals surface area contributed by atoms with Gasteiger partial charge in [-0.3, -0.25) is 0 Å². The topological polar surface area (TPSA) is 99.4 Å². The zero-order valence-corrected chi connectivity index (χ0v) is 19.9. The first-order chi connectivity index (χ1) is 13.5. The molecule has 4 N–H and O–H groups in total. The van der Waals surface area contributed by atoms with Gasteiger partial charge in [-0.05, 0) is 5.56 Å². The van der Waals surface area contributed by atoms with E-state index < -0.39 is 37.3 Å². The average Bonchev–Trinajstić information content (AvgIpc) is 2.72. The number of hydrogen-bond acceptors (Lipinski definition) is 6. The van der Waals surface area contributed by atoms with E-state index >= 15 is 0 Å². The first-order valence-corrected chi connectivity index (χ1v) is 14.3. The van der Waals surface area contributed by atoms with Crippen LogP contribution in [0.5, 0.6) is 0 Å². The van der Waals surface area contributed by atoms with Crippen LogP contribution in [-0.4, -0.2) is 78.9 Å². The predicted molar refractivity (Wildman–Crippen MR) is 110 cm³/mol. The van der Waals surface area contributed by atoms with Gasteiger partial charge in [0.15, 0.2) is 6.29 Å². The molecule has 0 unspecified atom stereocenters. The molecule has 2 radical (unpaired) electrons. The summed E-state index contributed by atoms with van der Waals surface area (Å²) in [6, 6.07) is 9.26. The molecule has 1 aliphatic rings. The molecule has 1 aromatic carbocycles. The predicted octanol–water partition coefficient (Wildman–Crippen LogP) is 2.13. The van der Waals surface area contributed by atoms with Crippen LogP contribution in [0.3, 0.4) is 0 Å². The molecule has 0 spiro atoms. The third-order valence-electron chi connectivity index (χ3n) is 4.54. The van der Waals surface area contributed by atoms with Gasteiger partial charge in [0, 0.05) is 0 Å². The van der Waals surface area contributed by atoms with Crippen LogP contribution in [0.1, 0.15) is 45.1 Å². The smallest absolute Gasteiger partial charge is 0.184 e. The van der Waals surface area contributed by atoms with Crippen molar-refractivity contribution in [1.82, 2.24) is 0 Å². The van der Waals surface area contributed by atoms with Crippen molar-refractivity contribution in [1.29, 1.82) is 0 Å². The second-order valence-corrected chi connectivity index (χ2v) is 11.2. The zero-order chi connectivity index (χ0) is 20.8. The monoisotopic (exact) mass is 504 g/mol. The van der Waals surface area contributed by atoms with Crippen molar-refractivity contribution < 1.29 is 29.9 Å². The number of hydrogen-bond donors (Lipinski definition) is 4. The van der Waals surface area contributed by atoms with Crippen molar-refractivity contribution >= 4 is 21.1 Å². The molecule has 7 heteroatoms. The molecule has 1 saturated heterocycles. The van der Waals surface area contributed by atoms with E-state index in [0.29, 0.717) is 0 Å². The molecule has 160 valence electrons. The third kappa shape index (κ3) is 9.52. The molecule has 1 aromatic rings. The summed E-state index contributed by atoms with van der Waals surface area (Å²) in [5.41, 5.74) is 0.878. The van der Waals surface area contributed by atoms with Crippen molar-refractivity contribution in [2.75, 3.05) is 6.61 Å². The quantitative estimate of drug-likeness (QED) is 0.289. The normalized spacial score (nSPS) is 27.1. The number of ether oxygens (including phenoxy) is 2. The van der Waals surface area contributed by atoms with Crippen LogP contribution in [0.2, 0.25) is 8.87 Å². The molecule has 0 amide bonds. The molecule has 0 aliphatic carbocycles. The van der Waals surface area contributed by atoms with Gasteiger partial charge in [0.2, 0.25) is 0 Å². The summed E-state index contributed by atoms with van der Waals surface area (Å²) in [5, 5.41) is 38.2. The van der Waals surface area contributed by atoms with E-state index in [2.05, 4.69) is 13.8 Å². The van der Waals surface area contributed by atoms with Crippen molar-refractivity contribution in [2.45, 2.75) is 85.7 Å². The zero-order valence-electron chi connectivity index (χ0n) is 17.0. The molecular formula is C21H36O6Sn. The molecule has 0 saturated carbocycles. The van der Waals surface area contributed by atoms with Gasteiger partial charge >= 0.3 is 69.5 Å². The minimum Gasteiger partial charge on any atom is -0.394 e. The summed E-state index contributed by atoms with van der Waals surface area (Å²) >= 11 is 0.149. The van der Waals surface area contributed by atoms with E-state index in [1.54, 1.807) is 8.87 Å². The third-order valence-corrected chi connectivity index (χ3v) is 8.58. The number of aliphatic hydroxyl groups is 4. The summed E-state index contributed by atoms with van der Waals surface area (Å²) in [5.74, 6) is 0. The van der Waals surface area contributed by atoms with Gasteiger partial charge in [-0.2, -0.15) is 0 Å². The van der Waals surface area contributed by atoms with E-state index in [1.165, 1.54) is 25.7 Å². The fourth-order valence-electron chi connectivity index (χ4n) is 2.76. The fourth-order valence-corrected chi connectivity index (χ4v) is 6.92. The Kier molecular flexibility index (Phi) is 14.4. The SMILES string of the molecule is CCC[CH2][Sn][CH2]CCC.OC[C@H]1O[C@@H](O)[C@@H](O)[C@@H](OCc2ccccc2)[C@@H]1O. The van der Waals surface area contributed by atoms with Gasteiger partial charge in [-0.1, -0.05) is 30.3 Å². The Morgan fingerprint density at radius 1 is 0.964 bits per heavy atom. The first-order valence-electron chi connectivity index (χ1n) is 10.2. The molecule has 1 heterocycles. The maximum atomic E-state index is 9.91. The number of benzene rings is 1. The van der Waals surface area contributed by atoms with Crippen LogP contribution < -0.4 is 0 Å². The maximum Gasteiger partial charge on any atom is 0.184 e. The van der Waals surface area contributed by atoms with Gasteiger partial charge in [0.05, 0.1) is 13.2 Å². The van der Waals surface area contributed by atoms with E-state index in [9.17, 15) is 15.3 Å². The fraction of sp³-hybridized carbons (Fsp3) is 0.714. The van der Waals surface area contributed by atoms with Crippen molar-refractivity contribution in [3.05, 3.63) is 35.9 Å². The second-order valence-electron chi connectivity index (χ2n) is 6.95. The maximum absolute atomic E-state index is 9.91. The largest absolute Gasteiger partial charge is 0.394 e. The van der Waals surface area contributed by atoms with Crippen LogP contribution in [-0.2, 0) is 16.1 Å². The Morgan fingerprint density at radius 2 is 1.57 bits per heavy atom. The minimum atomic E-state index is -1.48. The van der Waals surface area contributed by atoms with Crippen molar-refractivity contribution in [2.24, 2.45) is 0 Å². The Bertz CT molecular complexity index is 483. The Balaban J connectivity index is 0.000000370. The molecule has 6 nitrogen and oxygen atoms in total. The molecule has 0 bridgehead atoms. The molecule has 1 aliphatic heterocycles. The van der Waals surface area contributed by atoms with Gasteiger partial charge in [0.1, 0.15) is 24.4 Å². The van der Waals surface area contributed by atoms with Crippen LogP contribution in [0.4, 0.5) is 0 Å². The van der Waals surface area contributed by atoms with Gasteiger partial charge in [0.25, 0.3) is 0 Å². The van der Waals surface area contributed by atoms with Crippen molar-refractivity contribution in [3.63, 3.8) is 0 Å². The summed E-state index contributed by atoms with van der Waals surface area (Å²) in [6.45, 7) is 4.30. The van der Waals surface area contributed by atoms with E-state index in [0.717, 1.165) is 5.56 Å². The summed E-state index contributed by atoms with van der Waals surface area (Å²) in [6.07, 6.45) is -0.193. The number of unbranched alkanes of at least 4 members (excludes halogenated alkanes) is 2. The van der Waals surface area contributed by atoms with E-state index in [4.69, 9.17) is 14.6 Å². The Morgan fingerprint density at radius 3 is 2.11 bits per heavy atom. The summed E-state index contributed by atoms with van der Waals surface area (Å²) < 4.78 is 13.6. The molecule has 1 fully saturated rings. The Hall–Kier alpha value is -0.221. The van der Waals surface area contributed by atoms with Crippen molar-refractivity contribution in [3.8, 4) is 0 Å². The summed E-state index contributed by atoms with van der Waals surface area (Å²) in [4.78, 5) is 0. The minimum absolute atomic E-state index is 0.149. The molecular weight excluding hydrogens is 467 g/mol. The Labute approximate surface area is 179 Å². The van der Waals surface area contributed by atoms with E-state index in [-0.39, 0.29) is 27.7 Å². The average molecular weight is 503 g/mol. The molecule has 28 heavy (non-hydrogen) atoms. The van der Waals surface area contributed by atoms with Crippen LogP contribution in [0.15, 0.2) is 30.3 Å². The van der Waals surface area contributed by atoms with Gasteiger partial charge in [-0.25, -0.2) is 0 Å². The number of aliphatic hydroxyl groups excluding tert-OH is 4. The first kappa shape index (κ1) is 25.8. The number of rotatable bonds is 10. The standard InChI is InChI=1S/C13H18O6.2C4H9.Sn/c14-6-9-10(15)12(11(16)13(17)19-9)18-7-8-4-2-1-3-5-8;2*1-3-4-2;/h1-5,9-17H,6-7H2;2*1,3-4H2,2H3;/t9-,10-,11+,12+,13-;;;/m1.../s1. The molecule has 2 rings (SSSR count). The van der Waals surface area contributed by atoms with Crippen LogP contribution >= 0.6 is 0 Å². The van der Waals surface area contributed by atoms with Gasteiger partial charge < -0.3 is 29.9 Å². The summed E-state index contributed by atoms with van der Waals surface area (Å²) in [7, 11) is 0. The second kappa shape index (κ2) is 15.6.